The summed E-state index contributed by atoms with van der Waals surface area (Å²) in [5.74, 6) is -7.30. The highest BCUT2D eigenvalue weighted by Crippen LogP contribution is 2.27. The van der Waals surface area contributed by atoms with Gasteiger partial charge in [-0.15, -0.1) is 0 Å². The first-order valence-electron chi connectivity index (χ1n) is 3.92. The van der Waals surface area contributed by atoms with Gasteiger partial charge in [-0.25, -0.2) is 18.4 Å². The lowest BCUT2D eigenvalue weighted by Crippen LogP contribution is -2.13. The van der Waals surface area contributed by atoms with Crippen LogP contribution in [0.3, 0.4) is 0 Å². The van der Waals surface area contributed by atoms with Gasteiger partial charge in [0.25, 0.3) is 0 Å². The Kier molecular flexibility index (Phi) is 3.07. The lowest BCUT2D eigenvalue weighted by Gasteiger charge is -2.08. The fourth-order valence-electron chi connectivity index (χ4n) is 1.17. The van der Waals surface area contributed by atoms with Crippen LogP contribution in [0, 0.1) is 11.6 Å². The van der Waals surface area contributed by atoms with Crippen LogP contribution in [-0.2, 0) is 0 Å². The van der Waals surface area contributed by atoms with E-state index in [1.54, 1.807) is 0 Å². The summed E-state index contributed by atoms with van der Waals surface area (Å²) in [7, 11) is 0.938. The first-order valence-corrected chi connectivity index (χ1v) is 3.92. The highest BCUT2D eigenvalue weighted by Gasteiger charge is 2.27. The maximum absolute atomic E-state index is 13.4. The number of hydrogen-bond donors (Lipinski definition) is 2. The molecule has 0 saturated carbocycles. The van der Waals surface area contributed by atoms with Crippen LogP contribution in [-0.4, -0.2) is 29.3 Å². The molecule has 2 N–H and O–H groups in total. The van der Waals surface area contributed by atoms with Crippen molar-refractivity contribution in [2.24, 2.45) is 0 Å². The quantitative estimate of drug-likeness (QED) is 0.822. The molecule has 16 heavy (non-hydrogen) atoms. The molecule has 1 aromatic carbocycles. The minimum Gasteiger partial charge on any atom is -0.491 e. The highest BCUT2D eigenvalue weighted by molar-refractivity contribution is 6.02. The Morgan fingerprint density at radius 1 is 1.25 bits per heavy atom. The minimum atomic E-state index is -1.81. The number of carboxylic acid groups (broad SMARTS) is 2. The molecule has 1 rings (SSSR count). The second kappa shape index (κ2) is 4.13. The van der Waals surface area contributed by atoms with E-state index in [2.05, 4.69) is 4.74 Å². The van der Waals surface area contributed by atoms with E-state index in [0.717, 1.165) is 7.11 Å². The molecule has 7 heteroatoms. The Balaban J connectivity index is 3.65. The number of carbonyl (C=O) groups is 2. The summed E-state index contributed by atoms with van der Waals surface area (Å²) in [6, 6.07) is 0.397. The second-order valence-electron chi connectivity index (χ2n) is 2.74. The van der Waals surface area contributed by atoms with Gasteiger partial charge in [-0.1, -0.05) is 0 Å². The number of rotatable bonds is 3. The SMILES string of the molecule is COc1c(F)cc(C(=O)O)c(C(=O)O)c1F. The summed E-state index contributed by atoms with van der Waals surface area (Å²) in [6.45, 7) is 0. The van der Waals surface area contributed by atoms with E-state index in [9.17, 15) is 18.4 Å². The number of hydrogen-bond acceptors (Lipinski definition) is 3. The molecule has 0 heterocycles. The molecule has 0 amide bonds. The molecule has 0 radical (unpaired) electrons. The maximum Gasteiger partial charge on any atom is 0.339 e. The maximum atomic E-state index is 13.4. The van der Waals surface area contributed by atoms with Crippen LogP contribution in [0.25, 0.3) is 0 Å². The fourth-order valence-corrected chi connectivity index (χ4v) is 1.17. The summed E-state index contributed by atoms with van der Waals surface area (Å²) < 4.78 is 30.8. The number of carboxylic acids is 2. The Hall–Kier alpha value is -2.18. The van der Waals surface area contributed by atoms with Crippen molar-refractivity contribution in [2.45, 2.75) is 0 Å². The first-order chi connectivity index (χ1) is 7.40. The van der Waals surface area contributed by atoms with E-state index in [4.69, 9.17) is 10.2 Å². The largest absolute Gasteiger partial charge is 0.491 e. The Bertz CT molecular complexity index is 469. The topological polar surface area (TPSA) is 83.8 Å². The molecule has 0 saturated heterocycles. The molecule has 0 bridgehead atoms. The predicted octanol–water partition coefficient (Wildman–Crippen LogP) is 1.37. The summed E-state index contributed by atoms with van der Waals surface area (Å²) in [4.78, 5) is 21.2. The van der Waals surface area contributed by atoms with Crippen LogP contribution in [0.5, 0.6) is 5.75 Å². The Labute approximate surface area is 87.9 Å². The number of benzene rings is 1. The van der Waals surface area contributed by atoms with Crippen molar-refractivity contribution < 1.29 is 33.3 Å². The van der Waals surface area contributed by atoms with Gasteiger partial charge in [-0.05, 0) is 6.07 Å². The molecular formula is C9H6F2O5. The third kappa shape index (κ3) is 1.79. The van der Waals surface area contributed by atoms with Crippen LogP contribution < -0.4 is 4.74 Å². The zero-order valence-electron chi connectivity index (χ0n) is 7.95. The average molecular weight is 232 g/mol. The van der Waals surface area contributed by atoms with Crippen molar-refractivity contribution in [3.63, 3.8) is 0 Å². The standard InChI is InChI=1S/C9H6F2O5/c1-16-7-4(10)2-3(8(12)13)5(6(7)11)9(14)15/h2H,1H3,(H,12,13)(H,14,15). The summed E-state index contributed by atoms with van der Waals surface area (Å²) in [5.41, 5.74) is -2.10. The lowest BCUT2D eigenvalue weighted by molar-refractivity contribution is 0.0645. The van der Waals surface area contributed by atoms with Gasteiger partial charge in [0.1, 0.15) is 5.56 Å². The lowest BCUT2D eigenvalue weighted by atomic mass is 10.1. The van der Waals surface area contributed by atoms with Gasteiger partial charge in [-0.2, -0.15) is 0 Å². The molecule has 0 aliphatic heterocycles. The first kappa shape index (κ1) is 11.9. The Morgan fingerprint density at radius 2 is 1.81 bits per heavy atom. The van der Waals surface area contributed by atoms with E-state index >= 15 is 0 Å². The van der Waals surface area contributed by atoms with Crippen molar-refractivity contribution in [1.82, 2.24) is 0 Å². The third-order valence-electron chi connectivity index (χ3n) is 1.82. The van der Waals surface area contributed by atoms with Gasteiger partial charge in [0.2, 0.25) is 0 Å². The van der Waals surface area contributed by atoms with Crippen LogP contribution in [0.4, 0.5) is 8.78 Å². The van der Waals surface area contributed by atoms with E-state index in [-0.39, 0.29) is 0 Å². The second-order valence-corrected chi connectivity index (χ2v) is 2.74. The Morgan fingerprint density at radius 3 is 2.19 bits per heavy atom. The molecular weight excluding hydrogens is 226 g/mol. The average Bonchev–Trinajstić information content (AvgIpc) is 2.16. The van der Waals surface area contributed by atoms with E-state index in [1.165, 1.54) is 0 Å². The van der Waals surface area contributed by atoms with Crippen molar-refractivity contribution in [3.8, 4) is 5.75 Å². The van der Waals surface area contributed by atoms with Gasteiger partial charge in [0.05, 0.1) is 12.7 Å². The zero-order chi connectivity index (χ0) is 12.5. The molecule has 0 atom stereocenters. The van der Waals surface area contributed by atoms with Gasteiger partial charge < -0.3 is 14.9 Å². The zero-order valence-corrected chi connectivity index (χ0v) is 7.95. The fraction of sp³-hybridized carbons (Fsp3) is 0.111. The van der Waals surface area contributed by atoms with E-state index in [0.29, 0.717) is 6.07 Å². The number of aromatic carboxylic acids is 2. The van der Waals surface area contributed by atoms with Crippen molar-refractivity contribution in [3.05, 3.63) is 28.8 Å². The molecule has 0 unspecified atom stereocenters. The van der Waals surface area contributed by atoms with Gasteiger partial charge >= 0.3 is 11.9 Å². The van der Waals surface area contributed by atoms with Crippen LogP contribution in [0.2, 0.25) is 0 Å². The van der Waals surface area contributed by atoms with Gasteiger partial charge in [0, 0.05) is 0 Å². The van der Waals surface area contributed by atoms with Crippen molar-refractivity contribution in [1.29, 1.82) is 0 Å². The molecule has 0 aliphatic carbocycles. The molecule has 0 fully saturated rings. The summed E-state index contributed by atoms with van der Waals surface area (Å²) in [6.07, 6.45) is 0. The third-order valence-corrected chi connectivity index (χ3v) is 1.82. The van der Waals surface area contributed by atoms with Crippen molar-refractivity contribution >= 4 is 11.9 Å². The van der Waals surface area contributed by atoms with Crippen molar-refractivity contribution in [2.75, 3.05) is 7.11 Å². The normalized spacial score (nSPS) is 9.94. The number of methoxy groups -OCH3 is 1. The molecule has 0 aromatic heterocycles. The summed E-state index contributed by atoms with van der Waals surface area (Å²) >= 11 is 0. The van der Waals surface area contributed by atoms with Gasteiger partial charge in [0.15, 0.2) is 17.4 Å². The van der Waals surface area contributed by atoms with Gasteiger partial charge in [-0.3, -0.25) is 0 Å². The molecule has 0 aliphatic rings. The van der Waals surface area contributed by atoms with E-state index < -0.39 is 40.4 Å². The summed E-state index contributed by atoms with van der Waals surface area (Å²) in [5, 5.41) is 17.2. The molecule has 5 nitrogen and oxygen atoms in total. The molecule has 0 spiro atoms. The van der Waals surface area contributed by atoms with Crippen LogP contribution >= 0.6 is 0 Å². The highest BCUT2D eigenvalue weighted by atomic mass is 19.1. The minimum absolute atomic E-state index is 0.397. The monoisotopic (exact) mass is 232 g/mol. The predicted molar refractivity (Wildman–Crippen MR) is 46.8 cm³/mol. The molecule has 86 valence electrons. The number of halogens is 2. The van der Waals surface area contributed by atoms with Crippen LogP contribution in [0.15, 0.2) is 6.07 Å². The number of ether oxygens (including phenoxy) is 1. The smallest absolute Gasteiger partial charge is 0.339 e. The van der Waals surface area contributed by atoms with E-state index in [1.807, 2.05) is 0 Å². The van der Waals surface area contributed by atoms with Crippen LogP contribution in [0.1, 0.15) is 20.7 Å². The molecule has 1 aromatic rings.